The van der Waals surface area contributed by atoms with Crippen molar-refractivity contribution in [1.29, 1.82) is 0 Å². The average Bonchev–Trinajstić information content (AvgIpc) is 2.78. The summed E-state index contributed by atoms with van der Waals surface area (Å²) in [4.78, 5) is 5.12. The van der Waals surface area contributed by atoms with Gasteiger partial charge in [-0.15, -0.1) is 0 Å². The maximum absolute atomic E-state index is 6.13. The van der Waals surface area contributed by atoms with Crippen LogP contribution in [0, 0.1) is 0 Å². The molecule has 0 radical (unpaired) electrons. The summed E-state index contributed by atoms with van der Waals surface area (Å²) in [6.07, 6.45) is 4.49. The van der Waals surface area contributed by atoms with Crippen molar-refractivity contribution in [2.45, 2.75) is 6.04 Å². The Labute approximate surface area is 179 Å². The first kappa shape index (κ1) is 19.9. The average molecular weight is 403 g/mol. The zero-order chi connectivity index (χ0) is 19.9. The van der Waals surface area contributed by atoms with Gasteiger partial charge in [-0.3, -0.25) is 9.80 Å². The Bertz CT molecular complexity index is 898. The lowest BCUT2D eigenvalue weighted by Gasteiger charge is -2.39. The zero-order valence-corrected chi connectivity index (χ0v) is 17.4. The van der Waals surface area contributed by atoms with Gasteiger partial charge in [0.1, 0.15) is 0 Å². The maximum Gasteiger partial charge on any atom is 0.0602 e. The van der Waals surface area contributed by atoms with Crippen molar-refractivity contribution in [3.8, 4) is 0 Å². The Hall–Kier alpha value is -2.39. The fourth-order valence-corrected chi connectivity index (χ4v) is 4.13. The summed E-state index contributed by atoms with van der Waals surface area (Å²) in [5, 5.41) is 0.788. The van der Waals surface area contributed by atoms with Crippen molar-refractivity contribution in [3.63, 3.8) is 0 Å². The molecule has 1 saturated heterocycles. The molecule has 1 aliphatic rings. The fraction of sp³-hybridized carbons (Fsp3) is 0.231. The first-order chi connectivity index (χ1) is 14.3. The number of rotatable bonds is 6. The van der Waals surface area contributed by atoms with Gasteiger partial charge in [0.25, 0.3) is 0 Å². The van der Waals surface area contributed by atoms with Crippen LogP contribution in [0.25, 0.3) is 6.08 Å². The van der Waals surface area contributed by atoms with E-state index in [-0.39, 0.29) is 6.04 Å². The molecule has 1 unspecified atom stereocenters. The second-order valence-electron chi connectivity index (χ2n) is 7.51. The van der Waals surface area contributed by atoms with E-state index in [1.165, 1.54) is 16.7 Å². The van der Waals surface area contributed by atoms with Crippen LogP contribution in [0.5, 0.6) is 0 Å². The van der Waals surface area contributed by atoms with E-state index < -0.39 is 0 Å². The number of nitrogens with zero attached hydrogens (tertiary/aromatic N) is 2. The molecule has 0 aromatic heterocycles. The number of benzene rings is 3. The number of halogens is 1. The normalized spacial score (nSPS) is 16.9. The molecular weight excluding hydrogens is 376 g/mol. The molecule has 2 nitrogen and oxygen atoms in total. The molecule has 148 valence electrons. The molecule has 0 aliphatic carbocycles. The molecule has 3 aromatic carbocycles. The van der Waals surface area contributed by atoms with Gasteiger partial charge in [0, 0.05) is 37.7 Å². The summed E-state index contributed by atoms with van der Waals surface area (Å²) in [5.74, 6) is 0. The Balaban J connectivity index is 1.41. The highest BCUT2D eigenvalue weighted by molar-refractivity contribution is 6.30. The van der Waals surface area contributed by atoms with Crippen LogP contribution in [0.4, 0.5) is 0 Å². The standard InChI is InChI=1S/C26H27ClN2/c27-25-15-13-24(14-16-25)26(23-11-5-2-6-12-23)29-20-18-28(19-21-29)17-7-10-22-8-3-1-4-9-22/h1-16,26H,17-21H2/b10-7-. The van der Waals surface area contributed by atoms with Crippen LogP contribution in [0.15, 0.2) is 91.0 Å². The van der Waals surface area contributed by atoms with Crippen LogP contribution in [0.2, 0.25) is 5.02 Å². The van der Waals surface area contributed by atoms with E-state index in [0.29, 0.717) is 0 Å². The molecule has 1 atom stereocenters. The summed E-state index contributed by atoms with van der Waals surface area (Å²) >= 11 is 6.13. The highest BCUT2D eigenvalue weighted by atomic mass is 35.5. The monoisotopic (exact) mass is 402 g/mol. The van der Waals surface area contributed by atoms with Gasteiger partial charge in [-0.1, -0.05) is 96.5 Å². The highest BCUT2D eigenvalue weighted by Crippen LogP contribution is 2.30. The number of piperazine rings is 1. The molecule has 4 rings (SSSR count). The Kier molecular flexibility index (Phi) is 6.79. The van der Waals surface area contributed by atoms with Crippen LogP contribution in [-0.4, -0.2) is 42.5 Å². The smallest absolute Gasteiger partial charge is 0.0602 e. The van der Waals surface area contributed by atoms with Crippen LogP contribution in [0.3, 0.4) is 0 Å². The number of hydrogen-bond donors (Lipinski definition) is 0. The largest absolute Gasteiger partial charge is 0.297 e. The fourth-order valence-electron chi connectivity index (χ4n) is 4.00. The first-order valence-electron chi connectivity index (χ1n) is 10.3. The van der Waals surface area contributed by atoms with Gasteiger partial charge in [0.05, 0.1) is 6.04 Å². The molecule has 0 spiro atoms. The van der Waals surface area contributed by atoms with E-state index in [4.69, 9.17) is 11.6 Å². The summed E-state index contributed by atoms with van der Waals surface area (Å²) in [5.41, 5.74) is 3.91. The Morgan fingerprint density at radius 3 is 1.97 bits per heavy atom. The van der Waals surface area contributed by atoms with Gasteiger partial charge in [-0.25, -0.2) is 0 Å². The van der Waals surface area contributed by atoms with E-state index in [0.717, 1.165) is 37.7 Å². The molecule has 1 fully saturated rings. The third-order valence-corrected chi connectivity index (χ3v) is 5.80. The van der Waals surface area contributed by atoms with Crippen LogP contribution < -0.4 is 0 Å². The van der Waals surface area contributed by atoms with Gasteiger partial charge >= 0.3 is 0 Å². The second kappa shape index (κ2) is 9.89. The molecule has 1 heterocycles. The summed E-state index contributed by atoms with van der Waals surface area (Å²) in [7, 11) is 0. The van der Waals surface area contributed by atoms with Crippen molar-refractivity contribution >= 4 is 17.7 Å². The minimum Gasteiger partial charge on any atom is -0.297 e. The molecule has 0 saturated carbocycles. The lowest BCUT2D eigenvalue weighted by molar-refractivity contribution is 0.118. The summed E-state index contributed by atoms with van der Waals surface area (Å²) < 4.78 is 0. The minimum absolute atomic E-state index is 0.274. The van der Waals surface area contributed by atoms with Crippen molar-refractivity contribution in [3.05, 3.63) is 113 Å². The third-order valence-electron chi connectivity index (χ3n) is 5.55. The Morgan fingerprint density at radius 1 is 0.724 bits per heavy atom. The van der Waals surface area contributed by atoms with Crippen molar-refractivity contribution in [2.75, 3.05) is 32.7 Å². The van der Waals surface area contributed by atoms with E-state index >= 15 is 0 Å². The lowest BCUT2D eigenvalue weighted by Crippen LogP contribution is -2.47. The predicted molar refractivity (Wildman–Crippen MR) is 123 cm³/mol. The zero-order valence-electron chi connectivity index (χ0n) is 16.6. The van der Waals surface area contributed by atoms with Crippen molar-refractivity contribution in [1.82, 2.24) is 9.80 Å². The molecule has 0 amide bonds. The molecule has 0 N–H and O–H groups in total. The SMILES string of the molecule is Clc1ccc(C(c2ccccc2)N2CCN(C/C=C\c3ccccc3)CC2)cc1. The first-order valence-corrected chi connectivity index (χ1v) is 10.7. The van der Waals surface area contributed by atoms with Crippen LogP contribution in [-0.2, 0) is 0 Å². The second-order valence-corrected chi connectivity index (χ2v) is 7.95. The van der Waals surface area contributed by atoms with Gasteiger partial charge < -0.3 is 0 Å². The van der Waals surface area contributed by atoms with E-state index in [1.54, 1.807) is 0 Å². The highest BCUT2D eigenvalue weighted by Gasteiger charge is 2.25. The van der Waals surface area contributed by atoms with E-state index in [2.05, 4.69) is 94.7 Å². The van der Waals surface area contributed by atoms with Crippen LogP contribution in [0.1, 0.15) is 22.7 Å². The van der Waals surface area contributed by atoms with Crippen molar-refractivity contribution < 1.29 is 0 Å². The molecule has 3 heteroatoms. The quantitative estimate of drug-likeness (QED) is 0.517. The van der Waals surface area contributed by atoms with E-state index in [1.807, 2.05) is 12.1 Å². The molecule has 1 aliphatic heterocycles. The molecular formula is C26H27ClN2. The van der Waals surface area contributed by atoms with Gasteiger partial charge in [-0.2, -0.15) is 0 Å². The third kappa shape index (κ3) is 5.36. The molecule has 3 aromatic rings. The van der Waals surface area contributed by atoms with Gasteiger partial charge in [0.15, 0.2) is 0 Å². The molecule has 0 bridgehead atoms. The number of hydrogen-bond acceptors (Lipinski definition) is 2. The van der Waals surface area contributed by atoms with Gasteiger partial charge in [-0.05, 0) is 28.8 Å². The molecule has 29 heavy (non-hydrogen) atoms. The van der Waals surface area contributed by atoms with Crippen molar-refractivity contribution in [2.24, 2.45) is 0 Å². The predicted octanol–water partition coefficient (Wildman–Crippen LogP) is 5.76. The van der Waals surface area contributed by atoms with Gasteiger partial charge in [0.2, 0.25) is 0 Å². The topological polar surface area (TPSA) is 6.48 Å². The van der Waals surface area contributed by atoms with Crippen LogP contribution >= 0.6 is 11.6 Å². The lowest BCUT2D eigenvalue weighted by atomic mass is 9.96. The summed E-state index contributed by atoms with van der Waals surface area (Å²) in [6, 6.07) is 29.9. The Morgan fingerprint density at radius 2 is 1.31 bits per heavy atom. The summed E-state index contributed by atoms with van der Waals surface area (Å²) in [6.45, 7) is 5.27. The minimum atomic E-state index is 0.274. The van der Waals surface area contributed by atoms with E-state index in [9.17, 15) is 0 Å². The maximum atomic E-state index is 6.13.